The molecule has 0 bridgehead atoms. The number of aryl methyl sites for hydroxylation is 1. The number of rotatable bonds is 4. The molecule has 0 unspecified atom stereocenters. The Bertz CT molecular complexity index is 1560. The molecule has 154 valence electrons. The van der Waals surface area contributed by atoms with Gasteiger partial charge in [-0.3, -0.25) is 23.7 Å². The molecular weight excluding hydrogens is 480 g/mol. The number of nitrogens with zero attached hydrogens (tertiary/aromatic N) is 5. The number of aromatic nitrogens is 6. The maximum Gasteiger partial charge on any atom is 0.269 e. The normalized spacial score (nSPS) is 11.4. The summed E-state index contributed by atoms with van der Waals surface area (Å²) in [5.74, 6) is 0.377. The van der Waals surface area contributed by atoms with Gasteiger partial charge in [0.05, 0.1) is 17.6 Å². The number of fused-ring (bicyclic) bond motifs is 2. The molecule has 0 radical (unpaired) electrons. The molecular formula is C21H15BrN6O2S. The highest BCUT2D eigenvalue weighted by Crippen LogP contribution is 2.24. The van der Waals surface area contributed by atoms with Crippen LogP contribution in [0, 0.1) is 6.92 Å². The van der Waals surface area contributed by atoms with Gasteiger partial charge < -0.3 is 0 Å². The largest absolute Gasteiger partial charge is 0.269 e. The minimum absolute atomic E-state index is 0.138. The van der Waals surface area contributed by atoms with Crippen molar-refractivity contribution in [3.05, 3.63) is 91.3 Å². The Hall–Kier alpha value is -3.24. The van der Waals surface area contributed by atoms with E-state index in [1.807, 2.05) is 43.3 Å². The Labute approximate surface area is 188 Å². The van der Waals surface area contributed by atoms with Crippen molar-refractivity contribution in [1.29, 1.82) is 0 Å². The van der Waals surface area contributed by atoms with Gasteiger partial charge in [0, 0.05) is 22.0 Å². The molecule has 0 aliphatic carbocycles. The van der Waals surface area contributed by atoms with Crippen molar-refractivity contribution < 1.29 is 0 Å². The molecule has 1 N–H and O–H groups in total. The Morgan fingerprint density at radius 3 is 2.71 bits per heavy atom. The second-order valence-electron chi connectivity index (χ2n) is 6.88. The second-order valence-corrected chi connectivity index (χ2v) is 8.74. The van der Waals surface area contributed by atoms with Gasteiger partial charge in [-0.2, -0.15) is 5.10 Å². The highest BCUT2D eigenvalue weighted by molar-refractivity contribution is 9.10. The van der Waals surface area contributed by atoms with Gasteiger partial charge in [0.2, 0.25) is 0 Å². The topological polar surface area (TPSA) is 97.9 Å². The van der Waals surface area contributed by atoms with Crippen LogP contribution in [0.25, 0.3) is 22.4 Å². The predicted octanol–water partition coefficient (Wildman–Crippen LogP) is 3.48. The SMILES string of the molecule is Cc1cccc2nc(CSc3nc4[nH]ncc4c(=O)n3-c3ccc(Br)cc3)cc(=O)n12. The number of nitrogens with one attached hydrogen (secondary N) is 1. The smallest absolute Gasteiger partial charge is 0.269 e. The van der Waals surface area contributed by atoms with Gasteiger partial charge in [-0.25, -0.2) is 9.97 Å². The van der Waals surface area contributed by atoms with E-state index in [0.717, 1.165) is 10.2 Å². The molecule has 0 spiro atoms. The van der Waals surface area contributed by atoms with Gasteiger partial charge in [-0.15, -0.1) is 0 Å². The molecule has 0 amide bonds. The van der Waals surface area contributed by atoms with Crippen LogP contribution in [-0.4, -0.2) is 29.1 Å². The number of hydrogen-bond donors (Lipinski definition) is 1. The minimum atomic E-state index is -0.217. The number of benzene rings is 1. The predicted molar refractivity (Wildman–Crippen MR) is 123 cm³/mol. The van der Waals surface area contributed by atoms with Crippen LogP contribution in [0.4, 0.5) is 0 Å². The number of hydrogen-bond acceptors (Lipinski definition) is 6. The number of aromatic amines is 1. The molecule has 10 heteroatoms. The average Bonchev–Trinajstić information content (AvgIpc) is 3.22. The minimum Gasteiger partial charge on any atom is -0.269 e. The lowest BCUT2D eigenvalue weighted by Crippen LogP contribution is -2.21. The molecule has 8 nitrogen and oxygen atoms in total. The summed E-state index contributed by atoms with van der Waals surface area (Å²) in [5.41, 5.74) is 2.78. The summed E-state index contributed by atoms with van der Waals surface area (Å²) < 4.78 is 4.03. The van der Waals surface area contributed by atoms with E-state index >= 15 is 0 Å². The Morgan fingerprint density at radius 2 is 1.90 bits per heavy atom. The highest BCUT2D eigenvalue weighted by atomic mass is 79.9. The third-order valence-corrected chi connectivity index (χ3v) is 6.32. The molecule has 4 heterocycles. The van der Waals surface area contributed by atoms with Crippen LogP contribution < -0.4 is 11.1 Å². The maximum atomic E-state index is 13.1. The lowest BCUT2D eigenvalue weighted by Gasteiger charge is -2.12. The average molecular weight is 495 g/mol. The highest BCUT2D eigenvalue weighted by Gasteiger charge is 2.15. The molecule has 0 saturated heterocycles. The molecule has 5 aromatic rings. The molecule has 4 aromatic heterocycles. The quantitative estimate of drug-likeness (QED) is 0.303. The van der Waals surface area contributed by atoms with Crippen molar-refractivity contribution >= 4 is 44.4 Å². The van der Waals surface area contributed by atoms with Gasteiger partial charge in [-0.1, -0.05) is 33.8 Å². The summed E-state index contributed by atoms with van der Waals surface area (Å²) in [6, 6.07) is 14.5. The summed E-state index contributed by atoms with van der Waals surface area (Å²) in [7, 11) is 0. The van der Waals surface area contributed by atoms with Gasteiger partial charge in [0.25, 0.3) is 11.1 Å². The Morgan fingerprint density at radius 1 is 1.10 bits per heavy atom. The molecule has 0 aliphatic heterocycles. The summed E-state index contributed by atoms with van der Waals surface area (Å²) in [6.45, 7) is 1.87. The second kappa shape index (κ2) is 7.78. The van der Waals surface area contributed by atoms with Crippen molar-refractivity contribution in [2.75, 3.05) is 0 Å². The fraction of sp³-hybridized carbons (Fsp3) is 0.0952. The summed E-state index contributed by atoms with van der Waals surface area (Å²) in [5, 5.41) is 7.60. The summed E-state index contributed by atoms with van der Waals surface area (Å²) in [4.78, 5) is 34.9. The Balaban J connectivity index is 1.58. The Kier molecular flexibility index (Phi) is 4.95. The first-order valence-electron chi connectivity index (χ1n) is 9.34. The monoisotopic (exact) mass is 494 g/mol. The standard InChI is InChI=1S/C21H15BrN6O2S/c1-12-3-2-4-17-24-14(9-18(29)27(12)17)11-31-21-25-19-16(10-23-26-19)20(30)28(21)15-7-5-13(22)6-8-15/h2-10H,11H2,1H3,(H,23,26). The van der Waals surface area contributed by atoms with E-state index in [2.05, 4.69) is 36.1 Å². The summed E-state index contributed by atoms with van der Waals surface area (Å²) >= 11 is 4.75. The first-order valence-corrected chi connectivity index (χ1v) is 11.1. The number of pyridine rings is 1. The van der Waals surface area contributed by atoms with Crippen LogP contribution in [0.15, 0.2) is 73.9 Å². The molecule has 5 rings (SSSR count). The van der Waals surface area contributed by atoms with Crippen molar-refractivity contribution in [3.8, 4) is 5.69 Å². The zero-order chi connectivity index (χ0) is 21.5. The summed E-state index contributed by atoms with van der Waals surface area (Å²) in [6.07, 6.45) is 1.47. The molecule has 31 heavy (non-hydrogen) atoms. The molecule has 0 aliphatic rings. The molecule has 0 saturated carbocycles. The van der Waals surface area contributed by atoms with Crippen LogP contribution >= 0.6 is 27.7 Å². The lowest BCUT2D eigenvalue weighted by atomic mass is 10.3. The fourth-order valence-electron chi connectivity index (χ4n) is 3.36. The molecule has 0 atom stereocenters. The van der Waals surface area contributed by atoms with Gasteiger partial charge >= 0.3 is 0 Å². The van der Waals surface area contributed by atoms with E-state index in [1.165, 1.54) is 24.0 Å². The molecule has 1 aromatic carbocycles. The van der Waals surface area contributed by atoms with Gasteiger partial charge in [0.15, 0.2) is 10.8 Å². The van der Waals surface area contributed by atoms with Crippen LogP contribution in [0.2, 0.25) is 0 Å². The van der Waals surface area contributed by atoms with Crippen molar-refractivity contribution in [1.82, 2.24) is 29.1 Å². The number of halogens is 1. The van der Waals surface area contributed by atoms with E-state index in [0.29, 0.717) is 39.0 Å². The zero-order valence-electron chi connectivity index (χ0n) is 16.2. The van der Waals surface area contributed by atoms with E-state index in [4.69, 9.17) is 0 Å². The van der Waals surface area contributed by atoms with Crippen molar-refractivity contribution in [2.24, 2.45) is 0 Å². The maximum absolute atomic E-state index is 13.1. The van der Waals surface area contributed by atoms with E-state index in [-0.39, 0.29) is 11.1 Å². The lowest BCUT2D eigenvalue weighted by molar-refractivity contribution is 0.815. The van der Waals surface area contributed by atoms with Crippen LogP contribution in [0.3, 0.4) is 0 Å². The van der Waals surface area contributed by atoms with Gasteiger partial charge in [0.1, 0.15) is 11.0 Å². The van der Waals surface area contributed by atoms with E-state index in [1.54, 1.807) is 15.0 Å². The first-order chi connectivity index (χ1) is 15.0. The van der Waals surface area contributed by atoms with E-state index < -0.39 is 0 Å². The van der Waals surface area contributed by atoms with Gasteiger partial charge in [-0.05, 0) is 43.3 Å². The number of thioether (sulfide) groups is 1. The van der Waals surface area contributed by atoms with Crippen molar-refractivity contribution in [2.45, 2.75) is 17.8 Å². The fourth-order valence-corrected chi connectivity index (χ4v) is 4.53. The zero-order valence-corrected chi connectivity index (χ0v) is 18.6. The van der Waals surface area contributed by atoms with Crippen molar-refractivity contribution in [3.63, 3.8) is 0 Å². The first kappa shape index (κ1) is 19.7. The van der Waals surface area contributed by atoms with Crippen LogP contribution in [0.5, 0.6) is 0 Å². The molecule has 0 fully saturated rings. The third-order valence-electron chi connectivity index (χ3n) is 4.82. The van der Waals surface area contributed by atoms with Crippen LogP contribution in [0.1, 0.15) is 11.4 Å². The third kappa shape index (κ3) is 3.57. The number of H-pyrrole nitrogens is 1. The van der Waals surface area contributed by atoms with Crippen LogP contribution in [-0.2, 0) is 5.75 Å². The van der Waals surface area contributed by atoms with E-state index in [9.17, 15) is 9.59 Å².